The highest BCUT2D eigenvalue weighted by molar-refractivity contribution is 7.26. The third-order valence-electron chi connectivity index (χ3n) is 23.4. The molecule has 0 N–H and O–H groups in total. The van der Waals surface area contributed by atoms with E-state index in [0.717, 1.165) is 59.7 Å². The zero-order chi connectivity index (χ0) is 59.9. The molecule has 8 aromatic carbocycles. The number of anilines is 8. The van der Waals surface area contributed by atoms with Gasteiger partial charge in [-0.15, -0.1) is 11.3 Å². The van der Waals surface area contributed by atoms with E-state index in [1.807, 2.05) is 11.3 Å². The van der Waals surface area contributed by atoms with E-state index in [-0.39, 0.29) is 50.2 Å². The molecule has 2 aromatic heterocycles. The Kier molecular flexibility index (Phi) is 11.1. The first-order chi connectivity index (χ1) is 40.6. The second-order valence-corrected chi connectivity index (χ2v) is 33.6. The van der Waals surface area contributed by atoms with Crippen molar-refractivity contribution in [2.75, 3.05) is 14.7 Å². The van der Waals surface area contributed by atoms with Crippen LogP contribution in [0.4, 0.5) is 45.5 Å². The summed E-state index contributed by atoms with van der Waals surface area (Å²) >= 11 is 1.98. The molecule has 1 saturated carbocycles. The topological polar surface area (TPSA) is 22.9 Å². The Balaban J connectivity index is 1.09. The van der Waals surface area contributed by atoms with Crippen molar-refractivity contribution in [1.82, 2.24) is 0 Å². The summed E-state index contributed by atoms with van der Waals surface area (Å²) in [5.41, 5.74) is 26.2. The van der Waals surface area contributed by atoms with Crippen LogP contribution in [-0.2, 0) is 37.9 Å². The molecule has 4 nitrogen and oxygen atoms in total. The summed E-state index contributed by atoms with van der Waals surface area (Å²) in [6.45, 7) is 39.4. The summed E-state index contributed by atoms with van der Waals surface area (Å²) in [7, 11) is 0. The van der Waals surface area contributed by atoms with E-state index in [0.29, 0.717) is 0 Å². The number of hydrogen-bond acceptors (Lipinski definition) is 5. The number of furan rings is 1. The Hall–Kier alpha value is -6.76. The lowest BCUT2D eigenvalue weighted by atomic mass is 9.33. The molecule has 5 heterocycles. The minimum atomic E-state index is -0.195. The fraction of sp³-hybridized carbons (Fsp3) is 0.400. The van der Waals surface area contributed by atoms with Gasteiger partial charge in [-0.25, -0.2) is 0 Å². The molecule has 10 aromatic rings. The third-order valence-corrected chi connectivity index (χ3v) is 24.6. The minimum Gasteiger partial charge on any atom is -0.456 e. The molecule has 3 aliphatic heterocycles. The first-order valence-corrected chi connectivity index (χ1v) is 33.4. The zero-order valence-corrected chi connectivity index (χ0v) is 54.9. The molecule has 16 rings (SSSR count). The van der Waals surface area contributed by atoms with E-state index in [4.69, 9.17) is 4.42 Å². The molecular formula is C80H86BN3OS. The second-order valence-electron chi connectivity index (χ2n) is 32.5. The molecule has 0 saturated heterocycles. The molecule has 6 heteroatoms. The van der Waals surface area contributed by atoms with E-state index in [9.17, 15) is 0 Å². The third kappa shape index (κ3) is 7.41. The van der Waals surface area contributed by atoms with Gasteiger partial charge in [0.15, 0.2) is 0 Å². The summed E-state index contributed by atoms with van der Waals surface area (Å²) in [6, 6.07) is 54.0. The summed E-state index contributed by atoms with van der Waals surface area (Å²) in [6.07, 6.45) is 9.35. The van der Waals surface area contributed by atoms with Crippen molar-refractivity contribution >= 4 is 122 Å². The fourth-order valence-electron chi connectivity index (χ4n) is 17.7. The van der Waals surface area contributed by atoms with E-state index in [1.54, 1.807) is 0 Å². The highest BCUT2D eigenvalue weighted by Crippen LogP contribution is 2.63. The van der Waals surface area contributed by atoms with Gasteiger partial charge in [0.2, 0.25) is 0 Å². The van der Waals surface area contributed by atoms with Crippen molar-refractivity contribution in [3.05, 3.63) is 172 Å². The number of hydrogen-bond donors (Lipinski definition) is 0. The van der Waals surface area contributed by atoms with Crippen LogP contribution in [0.25, 0.3) is 42.1 Å². The molecule has 2 unspecified atom stereocenters. The van der Waals surface area contributed by atoms with Gasteiger partial charge in [-0.1, -0.05) is 183 Å². The first kappa shape index (κ1) is 54.6. The van der Waals surface area contributed by atoms with Crippen LogP contribution in [0.15, 0.2) is 138 Å². The van der Waals surface area contributed by atoms with Crippen LogP contribution in [0.1, 0.15) is 201 Å². The normalized spacial score (nSPS) is 22.2. The smallest absolute Gasteiger partial charge is 0.252 e. The van der Waals surface area contributed by atoms with Crippen molar-refractivity contribution < 1.29 is 4.42 Å². The monoisotopic (exact) mass is 1150 g/mol. The number of rotatable bonds is 3. The SMILES string of the molecule is CC(C)(C)c1ccc2c(c1)C1(C)CCCCC1(C)N2c1cc2c3c(c1)N(c1cccc4oc5ccccc5c14)c1c(ccc4c1sc1ccc(C(C)(C)C)cc14)B3c1cc3c(cc1N2c1ccc2c(c1)C(C)(C)CCC2(C)C)C(C)(C)CCC3(C)C. The fourth-order valence-corrected chi connectivity index (χ4v) is 19.0. The van der Waals surface area contributed by atoms with E-state index < -0.39 is 0 Å². The minimum absolute atomic E-state index is 0.00109. The molecule has 86 heavy (non-hydrogen) atoms. The summed E-state index contributed by atoms with van der Waals surface area (Å²) in [5, 5.41) is 4.95. The van der Waals surface area contributed by atoms with Gasteiger partial charge in [0.1, 0.15) is 11.2 Å². The molecule has 0 spiro atoms. The molecule has 2 atom stereocenters. The molecule has 0 radical (unpaired) electrons. The Morgan fingerprint density at radius 2 is 1.07 bits per heavy atom. The quantitative estimate of drug-likeness (QED) is 0.164. The zero-order valence-electron chi connectivity index (χ0n) is 54.1. The molecule has 3 aliphatic carbocycles. The van der Waals surface area contributed by atoms with Gasteiger partial charge < -0.3 is 19.1 Å². The van der Waals surface area contributed by atoms with Crippen molar-refractivity contribution in [2.24, 2.45) is 0 Å². The molecule has 0 bridgehead atoms. The molecule has 1 fully saturated rings. The lowest BCUT2D eigenvalue weighted by Gasteiger charge is -2.51. The number of para-hydroxylation sites is 1. The molecular weight excluding hydrogens is 1060 g/mol. The average Bonchev–Trinajstić information content (AvgIpc) is 1.15. The number of benzene rings is 8. The average molecular weight is 1150 g/mol. The van der Waals surface area contributed by atoms with Crippen molar-refractivity contribution in [1.29, 1.82) is 0 Å². The maximum absolute atomic E-state index is 6.93. The summed E-state index contributed by atoms with van der Waals surface area (Å²) in [5.74, 6) is 0. The van der Waals surface area contributed by atoms with Crippen LogP contribution in [0.5, 0.6) is 0 Å². The molecule has 0 amide bonds. The standard InChI is InChI=1S/C80H86BN3OS/c1-73(2,3)47-27-33-68-53(40-47)51-29-31-59-71(72(51)86-68)83(62-23-21-25-67-69(62)52-22-17-18-24-66(52)85-67)65-44-50(84-61-32-26-48(74(4,5)6)41-58(61)79(15)34-19-20-35-80(79,84)16)43-64-70(65)81(59)60-45-56-57(78(13,14)39-38-77(56,11)12)46-63(60)82(64)49-28-30-54-55(42-49)76(9,10)37-36-75(54,7)8/h17-18,21-33,40-46H,19-20,34-39H2,1-16H3. The number of thiophene rings is 1. The van der Waals surface area contributed by atoms with E-state index in [1.165, 1.54) is 135 Å². The summed E-state index contributed by atoms with van der Waals surface area (Å²) in [4.78, 5) is 8.42. The maximum atomic E-state index is 6.93. The Morgan fingerprint density at radius 3 is 1.79 bits per heavy atom. The highest BCUT2D eigenvalue weighted by Gasteiger charge is 2.59. The van der Waals surface area contributed by atoms with Crippen LogP contribution in [0, 0.1) is 0 Å². The molecule has 436 valence electrons. The molecule has 6 aliphatic rings. The largest absolute Gasteiger partial charge is 0.456 e. The van der Waals surface area contributed by atoms with Gasteiger partial charge in [0.05, 0.1) is 27.0 Å². The van der Waals surface area contributed by atoms with E-state index in [2.05, 4.69) is 259 Å². The van der Waals surface area contributed by atoms with Crippen molar-refractivity contribution in [2.45, 2.75) is 206 Å². The predicted molar refractivity (Wildman–Crippen MR) is 371 cm³/mol. The van der Waals surface area contributed by atoms with Gasteiger partial charge in [0, 0.05) is 60.4 Å². The maximum Gasteiger partial charge on any atom is 0.252 e. The van der Waals surface area contributed by atoms with Crippen LogP contribution in [-0.4, -0.2) is 12.3 Å². The second kappa shape index (κ2) is 17.5. The van der Waals surface area contributed by atoms with Gasteiger partial charge in [0.25, 0.3) is 6.71 Å². The van der Waals surface area contributed by atoms with Crippen LogP contribution < -0.4 is 31.1 Å². The summed E-state index contributed by atoms with van der Waals surface area (Å²) < 4.78 is 9.59. The van der Waals surface area contributed by atoms with Crippen molar-refractivity contribution in [3.63, 3.8) is 0 Å². The van der Waals surface area contributed by atoms with Crippen molar-refractivity contribution in [3.8, 4) is 0 Å². The van der Waals surface area contributed by atoms with Gasteiger partial charge in [-0.2, -0.15) is 0 Å². The van der Waals surface area contributed by atoms with Gasteiger partial charge in [-0.05, 0) is 200 Å². The lowest BCUT2D eigenvalue weighted by molar-refractivity contribution is 0.195. The predicted octanol–water partition coefficient (Wildman–Crippen LogP) is 21.1. The Labute approximate surface area is 516 Å². The lowest BCUT2D eigenvalue weighted by Crippen LogP contribution is -2.62. The highest BCUT2D eigenvalue weighted by atomic mass is 32.1. The number of nitrogens with zero attached hydrogens (tertiary/aromatic N) is 3. The number of fused-ring (bicyclic) bond motifs is 16. The first-order valence-electron chi connectivity index (χ1n) is 32.6. The van der Waals surface area contributed by atoms with E-state index >= 15 is 0 Å². The van der Waals surface area contributed by atoms with Gasteiger partial charge >= 0.3 is 0 Å². The van der Waals surface area contributed by atoms with Crippen LogP contribution >= 0.6 is 11.3 Å². The Morgan fingerprint density at radius 1 is 0.442 bits per heavy atom. The van der Waals surface area contributed by atoms with Crippen LogP contribution in [0.3, 0.4) is 0 Å². The van der Waals surface area contributed by atoms with Crippen LogP contribution in [0.2, 0.25) is 0 Å². The van der Waals surface area contributed by atoms with Gasteiger partial charge in [-0.3, -0.25) is 0 Å². The Bertz CT molecular complexity index is 4590.